The molecule has 0 amide bonds. The van der Waals surface area contributed by atoms with Crippen LogP contribution in [0.1, 0.15) is 64.1 Å². The first-order valence-electron chi connectivity index (χ1n) is 10.2. The Balaban J connectivity index is 1.64. The molecule has 1 saturated carbocycles. The van der Waals surface area contributed by atoms with E-state index in [1.54, 1.807) is 18.2 Å². The highest BCUT2D eigenvalue weighted by atomic mass is 16.5. The average molecular weight is 407 g/mol. The van der Waals surface area contributed by atoms with Crippen LogP contribution in [0.25, 0.3) is 10.9 Å². The van der Waals surface area contributed by atoms with Crippen LogP contribution in [0.15, 0.2) is 30.3 Å². The Kier molecular flexibility index (Phi) is 5.24. The number of aromatic nitrogens is 1. The molecule has 0 unspecified atom stereocenters. The number of aryl methyl sites for hydroxylation is 2. The summed E-state index contributed by atoms with van der Waals surface area (Å²) in [7, 11) is 0. The van der Waals surface area contributed by atoms with Gasteiger partial charge in [-0.25, -0.2) is 4.79 Å². The zero-order valence-electron chi connectivity index (χ0n) is 17.1. The van der Waals surface area contributed by atoms with Gasteiger partial charge in [0.05, 0.1) is 5.56 Å². The van der Waals surface area contributed by atoms with E-state index >= 15 is 0 Å². The second kappa shape index (κ2) is 7.86. The van der Waals surface area contributed by atoms with Crippen molar-refractivity contribution in [2.45, 2.75) is 46.0 Å². The molecule has 0 atom stereocenters. The largest absolute Gasteiger partial charge is 0.507 e. The number of fused-ring (bicyclic) bond motifs is 1. The number of aromatic hydroxyl groups is 1. The van der Waals surface area contributed by atoms with Crippen LogP contribution in [0.2, 0.25) is 0 Å². The number of phenolic OH excluding ortho intramolecular Hbond substituents is 1. The zero-order valence-corrected chi connectivity index (χ0v) is 17.1. The first-order chi connectivity index (χ1) is 14.3. The zero-order chi connectivity index (χ0) is 21.4. The van der Waals surface area contributed by atoms with Crippen LogP contribution in [-0.4, -0.2) is 26.9 Å². The maximum absolute atomic E-state index is 12.7. The van der Waals surface area contributed by atoms with Gasteiger partial charge in [-0.2, -0.15) is 0 Å². The van der Waals surface area contributed by atoms with Crippen molar-refractivity contribution in [2.75, 3.05) is 0 Å². The third-order valence-corrected chi connectivity index (χ3v) is 5.98. The van der Waals surface area contributed by atoms with Crippen molar-refractivity contribution in [3.8, 4) is 17.2 Å². The molecule has 6 heteroatoms. The number of carbonyl (C=O) groups is 2. The number of rotatable bonds is 6. The summed E-state index contributed by atoms with van der Waals surface area (Å²) in [6.45, 7) is 3.76. The minimum atomic E-state index is -1.02. The summed E-state index contributed by atoms with van der Waals surface area (Å²) in [5.74, 6) is 0.344. The van der Waals surface area contributed by atoms with Gasteiger partial charge < -0.3 is 19.9 Å². The molecule has 1 heterocycles. The number of ketones is 1. The topological polar surface area (TPSA) is 99.6 Å². The number of phenols is 1. The Hall–Kier alpha value is -3.28. The molecule has 1 aliphatic rings. The normalized spacial score (nSPS) is 14.3. The molecule has 0 radical (unpaired) electrons. The van der Waals surface area contributed by atoms with Gasteiger partial charge in [0.25, 0.3) is 0 Å². The van der Waals surface area contributed by atoms with Gasteiger partial charge in [-0.05, 0) is 55.7 Å². The highest BCUT2D eigenvalue weighted by Crippen LogP contribution is 2.37. The van der Waals surface area contributed by atoms with E-state index in [0.717, 1.165) is 47.7 Å². The number of hydrogen-bond donors (Lipinski definition) is 3. The number of carboxylic acids is 1. The maximum Gasteiger partial charge on any atom is 0.352 e. The van der Waals surface area contributed by atoms with Crippen LogP contribution in [0.4, 0.5) is 0 Å². The van der Waals surface area contributed by atoms with E-state index in [0.29, 0.717) is 23.8 Å². The van der Waals surface area contributed by atoms with Crippen LogP contribution >= 0.6 is 0 Å². The number of aromatic amines is 1. The molecule has 2 aromatic carbocycles. The molecule has 0 spiro atoms. The van der Waals surface area contributed by atoms with Crippen LogP contribution in [0, 0.1) is 19.8 Å². The number of Topliss-reactive ketones (excluding diaryl/α,β-unsaturated/α-hetero) is 1. The Morgan fingerprint density at radius 2 is 1.87 bits per heavy atom. The quantitative estimate of drug-likeness (QED) is 0.452. The Labute approximate surface area is 174 Å². The van der Waals surface area contributed by atoms with Gasteiger partial charge in [0.15, 0.2) is 5.78 Å². The number of nitrogens with one attached hydrogen (secondary N) is 1. The van der Waals surface area contributed by atoms with Gasteiger partial charge in [0.2, 0.25) is 0 Å². The lowest BCUT2D eigenvalue weighted by Crippen LogP contribution is -2.06. The SMILES string of the molecule is Cc1cc2[nH]c(C(=O)O)cc2c(C)c1Oc1ccc(O)c(C(=O)CC2CCCC2)c1. The lowest BCUT2D eigenvalue weighted by molar-refractivity contribution is 0.0691. The molecule has 1 fully saturated rings. The number of carboxylic acid groups (broad SMARTS) is 1. The van der Waals surface area contributed by atoms with Gasteiger partial charge in [0, 0.05) is 22.9 Å². The van der Waals surface area contributed by atoms with E-state index in [-0.39, 0.29) is 22.8 Å². The fraction of sp³-hybridized carbons (Fsp3) is 0.333. The van der Waals surface area contributed by atoms with Crippen molar-refractivity contribution < 1.29 is 24.5 Å². The molecule has 3 aromatic rings. The number of aromatic carboxylic acids is 1. The molecule has 30 heavy (non-hydrogen) atoms. The van der Waals surface area contributed by atoms with Crippen molar-refractivity contribution in [2.24, 2.45) is 5.92 Å². The van der Waals surface area contributed by atoms with Crippen molar-refractivity contribution in [3.63, 3.8) is 0 Å². The highest BCUT2D eigenvalue weighted by molar-refractivity contribution is 5.99. The van der Waals surface area contributed by atoms with Gasteiger partial charge >= 0.3 is 5.97 Å². The van der Waals surface area contributed by atoms with E-state index in [1.807, 2.05) is 19.9 Å². The predicted octanol–water partition coefficient (Wildman–Crippen LogP) is 5.74. The molecule has 4 rings (SSSR count). The van der Waals surface area contributed by atoms with Gasteiger partial charge in [-0.1, -0.05) is 25.7 Å². The lowest BCUT2D eigenvalue weighted by atomic mass is 9.96. The Morgan fingerprint density at radius 3 is 2.57 bits per heavy atom. The number of ether oxygens (including phenoxy) is 1. The predicted molar refractivity (Wildman–Crippen MR) is 114 cm³/mol. The average Bonchev–Trinajstić information content (AvgIpc) is 3.36. The van der Waals surface area contributed by atoms with E-state index in [9.17, 15) is 19.8 Å². The summed E-state index contributed by atoms with van der Waals surface area (Å²) in [6.07, 6.45) is 4.91. The summed E-state index contributed by atoms with van der Waals surface area (Å²) in [5, 5.41) is 20.2. The molecule has 1 aromatic heterocycles. The Morgan fingerprint density at radius 1 is 1.13 bits per heavy atom. The molecule has 0 saturated heterocycles. The van der Waals surface area contributed by atoms with Crippen LogP contribution in [0.3, 0.4) is 0 Å². The molecular weight excluding hydrogens is 382 g/mol. The number of carbonyl (C=O) groups excluding carboxylic acids is 1. The van der Waals surface area contributed by atoms with Gasteiger partial charge in [0.1, 0.15) is 22.9 Å². The van der Waals surface area contributed by atoms with Crippen LogP contribution < -0.4 is 4.74 Å². The summed E-state index contributed by atoms with van der Waals surface area (Å²) in [6, 6.07) is 8.14. The van der Waals surface area contributed by atoms with Crippen LogP contribution in [-0.2, 0) is 0 Å². The molecule has 0 aliphatic heterocycles. The summed E-state index contributed by atoms with van der Waals surface area (Å²) >= 11 is 0. The minimum Gasteiger partial charge on any atom is -0.507 e. The standard InChI is InChI=1S/C24H25NO5/c1-13-9-19-17(12-20(25-19)24(28)29)14(2)23(13)30-16-7-8-21(26)18(11-16)22(27)10-15-5-3-4-6-15/h7-9,11-12,15,25-26H,3-6,10H2,1-2H3,(H,28,29). The van der Waals surface area contributed by atoms with E-state index in [4.69, 9.17) is 4.74 Å². The monoisotopic (exact) mass is 407 g/mol. The van der Waals surface area contributed by atoms with Gasteiger partial charge in [-0.15, -0.1) is 0 Å². The highest BCUT2D eigenvalue weighted by Gasteiger charge is 2.22. The van der Waals surface area contributed by atoms with Crippen molar-refractivity contribution >= 4 is 22.7 Å². The lowest BCUT2D eigenvalue weighted by Gasteiger charge is -2.15. The smallest absolute Gasteiger partial charge is 0.352 e. The first kappa shape index (κ1) is 20.0. The third-order valence-electron chi connectivity index (χ3n) is 5.98. The maximum atomic E-state index is 12.7. The van der Waals surface area contributed by atoms with Crippen LogP contribution in [0.5, 0.6) is 17.2 Å². The number of hydrogen-bond acceptors (Lipinski definition) is 4. The fourth-order valence-corrected chi connectivity index (χ4v) is 4.37. The first-order valence-corrected chi connectivity index (χ1v) is 10.2. The summed E-state index contributed by atoms with van der Waals surface area (Å²) in [5.41, 5.74) is 2.78. The second-order valence-corrected chi connectivity index (χ2v) is 8.16. The van der Waals surface area contributed by atoms with Crippen molar-refractivity contribution in [1.82, 2.24) is 4.98 Å². The Bertz CT molecular complexity index is 1140. The van der Waals surface area contributed by atoms with E-state index in [2.05, 4.69) is 4.98 Å². The van der Waals surface area contributed by atoms with Gasteiger partial charge in [-0.3, -0.25) is 4.79 Å². The number of H-pyrrole nitrogens is 1. The van der Waals surface area contributed by atoms with Crippen molar-refractivity contribution in [3.05, 3.63) is 52.7 Å². The summed E-state index contributed by atoms with van der Waals surface area (Å²) in [4.78, 5) is 26.9. The molecule has 156 valence electrons. The van der Waals surface area contributed by atoms with E-state index < -0.39 is 5.97 Å². The number of benzene rings is 2. The summed E-state index contributed by atoms with van der Waals surface area (Å²) < 4.78 is 6.11. The second-order valence-electron chi connectivity index (χ2n) is 8.16. The molecule has 3 N–H and O–H groups in total. The van der Waals surface area contributed by atoms with E-state index in [1.165, 1.54) is 6.07 Å². The molecular formula is C24H25NO5. The minimum absolute atomic E-state index is 0.0361. The third kappa shape index (κ3) is 3.77. The molecule has 0 bridgehead atoms. The fourth-order valence-electron chi connectivity index (χ4n) is 4.37. The molecule has 1 aliphatic carbocycles. The molecule has 6 nitrogen and oxygen atoms in total. The van der Waals surface area contributed by atoms with Crippen molar-refractivity contribution in [1.29, 1.82) is 0 Å².